The molecule has 0 saturated carbocycles. The van der Waals surface area contributed by atoms with Crippen LogP contribution in [0.25, 0.3) is 5.95 Å². The maximum Gasteiger partial charge on any atom is 0.241 e. The van der Waals surface area contributed by atoms with Gasteiger partial charge in [-0.05, 0) is 20.3 Å². The van der Waals surface area contributed by atoms with E-state index in [1.807, 2.05) is 0 Å². The molecule has 1 unspecified atom stereocenters. The van der Waals surface area contributed by atoms with Crippen LogP contribution in [0.2, 0.25) is 0 Å². The molecule has 7 nitrogen and oxygen atoms in total. The van der Waals surface area contributed by atoms with Gasteiger partial charge in [0.15, 0.2) is 0 Å². The Kier molecular flexibility index (Phi) is 3.94. The van der Waals surface area contributed by atoms with Crippen molar-refractivity contribution in [1.29, 1.82) is 0 Å². The third-order valence-electron chi connectivity index (χ3n) is 3.08. The van der Waals surface area contributed by atoms with Crippen LogP contribution in [0.15, 0.2) is 18.7 Å². The molecule has 2 rings (SSSR count). The molecule has 19 heavy (non-hydrogen) atoms. The predicted octanol–water partition coefficient (Wildman–Crippen LogP) is 1.26. The van der Waals surface area contributed by atoms with Crippen molar-refractivity contribution in [3.05, 3.63) is 18.7 Å². The molecule has 2 aromatic heterocycles. The first kappa shape index (κ1) is 13.3. The molecule has 0 saturated heterocycles. The van der Waals surface area contributed by atoms with E-state index < -0.39 is 0 Å². The molecule has 2 heterocycles. The Hall–Kier alpha value is -2.18. The number of hydrogen-bond acceptors (Lipinski definition) is 6. The zero-order valence-electron chi connectivity index (χ0n) is 11.5. The molecule has 2 N–H and O–H groups in total. The molecular formula is C12H19N7. The van der Waals surface area contributed by atoms with Gasteiger partial charge in [-0.15, -0.1) is 0 Å². The fourth-order valence-electron chi connectivity index (χ4n) is 1.86. The fraction of sp³-hybridized carbons (Fsp3) is 0.500. The molecule has 0 radical (unpaired) electrons. The van der Waals surface area contributed by atoms with E-state index in [4.69, 9.17) is 5.73 Å². The summed E-state index contributed by atoms with van der Waals surface area (Å²) in [5.41, 5.74) is 5.78. The minimum absolute atomic E-state index is 0.218. The second-order valence-corrected chi connectivity index (χ2v) is 4.31. The van der Waals surface area contributed by atoms with Crippen molar-refractivity contribution in [2.75, 3.05) is 17.2 Å². The summed E-state index contributed by atoms with van der Waals surface area (Å²) >= 11 is 0. The summed E-state index contributed by atoms with van der Waals surface area (Å²) in [7, 11) is 0. The van der Waals surface area contributed by atoms with E-state index in [0.29, 0.717) is 17.9 Å². The van der Waals surface area contributed by atoms with Crippen LogP contribution in [-0.4, -0.2) is 37.1 Å². The minimum Gasteiger partial charge on any atom is -0.368 e. The third-order valence-corrected chi connectivity index (χ3v) is 3.08. The standard InChI is InChI=1S/C12H19N7/c1-4-9(3)19(5-2)12-16-10(13)15-11(17-12)18-7-6-14-8-18/h6-9H,4-5H2,1-3H3,(H2,13,15,16,17). The van der Waals surface area contributed by atoms with Gasteiger partial charge in [0.25, 0.3) is 0 Å². The Bertz CT molecular complexity index is 523. The van der Waals surface area contributed by atoms with Crippen molar-refractivity contribution in [3.63, 3.8) is 0 Å². The average molecular weight is 261 g/mol. The summed E-state index contributed by atoms with van der Waals surface area (Å²) in [6.45, 7) is 7.17. The second kappa shape index (κ2) is 5.64. The van der Waals surface area contributed by atoms with Gasteiger partial charge in [-0.2, -0.15) is 15.0 Å². The van der Waals surface area contributed by atoms with Gasteiger partial charge in [0.05, 0.1) is 0 Å². The topological polar surface area (TPSA) is 85.8 Å². The SMILES string of the molecule is CCC(C)N(CC)c1nc(N)nc(-n2ccnc2)n1. The van der Waals surface area contributed by atoms with Gasteiger partial charge in [-0.1, -0.05) is 6.92 Å². The molecule has 1 atom stereocenters. The summed E-state index contributed by atoms with van der Waals surface area (Å²) in [5, 5.41) is 0. The predicted molar refractivity (Wildman–Crippen MR) is 74.1 cm³/mol. The highest BCUT2D eigenvalue weighted by Crippen LogP contribution is 2.15. The Morgan fingerprint density at radius 3 is 2.68 bits per heavy atom. The van der Waals surface area contributed by atoms with E-state index in [1.54, 1.807) is 23.3 Å². The van der Waals surface area contributed by atoms with Crippen LogP contribution in [0.3, 0.4) is 0 Å². The zero-order valence-corrected chi connectivity index (χ0v) is 11.5. The molecule has 0 aliphatic carbocycles. The molecule has 0 spiro atoms. The molecule has 7 heteroatoms. The smallest absolute Gasteiger partial charge is 0.241 e. The number of nitrogens with zero attached hydrogens (tertiary/aromatic N) is 6. The van der Waals surface area contributed by atoms with Gasteiger partial charge < -0.3 is 10.6 Å². The molecule has 102 valence electrons. The van der Waals surface area contributed by atoms with Crippen LogP contribution < -0.4 is 10.6 Å². The van der Waals surface area contributed by atoms with Gasteiger partial charge in [0.2, 0.25) is 17.8 Å². The van der Waals surface area contributed by atoms with Crippen LogP contribution in [0.1, 0.15) is 27.2 Å². The maximum atomic E-state index is 5.78. The van der Waals surface area contributed by atoms with Crippen LogP contribution in [0.5, 0.6) is 0 Å². The summed E-state index contributed by atoms with van der Waals surface area (Å²) in [6.07, 6.45) is 6.10. The van der Waals surface area contributed by atoms with E-state index in [2.05, 4.69) is 45.6 Å². The number of hydrogen-bond donors (Lipinski definition) is 1. The fourth-order valence-corrected chi connectivity index (χ4v) is 1.86. The van der Waals surface area contributed by atoms with Crippen molar-refractivity contribution in [2.24, 2.45) is 0 Å². The Balaban J connectivity index is 2.41. The summed E-state index contributed by atoms with van der Waals surface area (Å²) in [4.78, 5) is 18.9. The van der Waals surface area contributed by atoms with Crippen LogP contribution in [0, 0.1) is 0 Å². The summed E-state index contributed by atoms with van der Waals surface area (Å²) in [5.74, 6) is 1.31. The van der Waals surface area contributed by atoms with Crippen LogP contribution >= 0.6 is 0 Å². The normalized spacial score (nSPS) is 12.4. The molecule has 0 aliphatic rings. The lowest BCUT2D eigenvalue weighted by Crippen LogP contribution is -2.34. The molecule has 0 aliphatic heterocycles. The Morgan fingerprint density at radius 1 is 1.32 bits per heavy atom. The quantitative estimate of drug-likeness (QED) is 0.872. The average Bonchev–Trinajstić information content (AvgIpc) is 2.92. The van der Waals surface area contributed by atoms with Crippen molar-refractivity contribution in [1.82, 2.24) is 24.5 Å². The van der Waals surface area contributed by atoms with Crippen molar-refractivity contribution in [2.45, 2.75) is 33.2 Å². The van der Waals surface area contributed by atoms with Crippen molar-refractivity contribution < 1.29 is 0 Å². The monoisotopic (exact) mass is 261 g/mol. The van der Waals surface area contributed by atoms with Crippen LogP contribution in [-0.2, 0) is 0 Å². The lowest BCUT2D eigenvalue weighted by Gasteiger charge is -2.27. The first-order valence-corrected chi connectivity index (χ1v) is 6.42. The highest BCUT2D eigenvalue weighted by molar-refractivity contribution is 5.38. The number of nitrogens with two attached hydrogens (primary N) is 1. The molecule has 0 fully saturated rings. The highest BCUT2D eigenvalue weighted by Gasteiger charge is 2.16. The van der Waals surface area contributed by atoms with E-state index in [-0.39, 0.29) is 5.95 Å². The van der Waals surface area contributed by atoms with Gasteiger partial charge in [0.1, 0.15) is 6.33 Å². The molecular weight excluding hydrogens is 242 g/mol. The number of nitrogen functional groups attached to an aromatic ring is 1. The summed E-state index contributed by atoms with van der Waals surface area (Å²) < 4.78 is 1.71. The summed E-state index contributed by atoms with van der Waals surface area (Å²) in [6, 6.07) is 0.349. The van der Waals surface area contributed by atoms with Crippen molar-refractivity contribution >= 4 is 11.9 Å². The van der Waals surface area contributed by atoms with E-state index in [9.17, 15) is 0 Å². The van der Waals surface area contributed by atoms with E-state index in [1.165, 1.54) is 0 Å². The Morgan fingerprint density at radius 2 is 2.11 bits per heavy atom. The first-order valence-electron chi connectivity index (χ1n) is 6.42. The zero-order chi connectivity index (χ0) is 13.8. The first-order chi connectivity index (χ1) is 9.15. The van der Waals surface area contributed by atoms with E-state index in [0.717, 1.165) is 13.0 Å². The van der Waals surface area contributed by atoms with E-state index >= 15 is 0 Å². The lowest BCUT2D eigenvalue weighted by atomic mass is 10.2. The highest BCUT2D eigenvalue weighted by atomic mass is 15.3. The third kappa shape index (κ3) is 2.81. The molecule has 0 amide bonds. The van der Waals surface area contributed by atoms with Gasteiger partial charge in [-0.25, -0.2) is 4.98 Å². The van der Waals surface area contributed by atoms with Crippen molar-refractivity contribution in [3.8, 4) is 5.95 Å². The number of rotatable bonds is 5. The lowest BCUT2D eigenvalue weighted by molar-refractivity contribution is 0.612. The van der Waals surface area contributed by atoms with Gasteiger partial charge in [0, 0.05) is 25.0 Å². The second-order valence-electron chi connectivity index (χ2n) is 4.31. The minimum atomic E-state index is 0.218. The van der Waals surface area contributed by atoms with Gasteiger partial charge >= 0.3 is 0 Å². The van der Waals surface area contributed by atoms with Crippen LogP contribution in [0.4, 0.5) is 11.9 Å². The molecule has 0 aromatic carbocycles. The largest absolute Gasteiger partial charge is 0.368 e. The molecule has 0 bridgehead atoms. The Labute approximate surface area is 112 Å². The number of aromatic nitrogens is 5. The number of imidazole rings is 1. The van der Waals surface area contributed by atoms with Gasteiger partial charge in [-0.3, -0.25) is 4.57 Å². The molecule has 2 aromatic rings. The maximum absolute atomic E-state index is 5.78. The number of anilines is 2.